The standard InChI is InChI=1S/C26H32N6O.C24H25N5O3.C22H20FN5O.C22H20N4/c1-5-6-7-19-12-22(14-23(13-19)33-4)32(11-10-27-2)21-8-9-24-25(15-21)30-26(17-28-24)20-16-29-31(3)18-20;1-16(30)7-8-29(19-9-20(31-3)12-21(10-19)32-4)18-5-6-22-23(11-18)27-24(14-25-22)17-13-26-28(2)15-17;1-29-19-7-16(23)6-18(8-19)28(13-14-2-3-14)17-4-5-20-21(9-17)27-22(12-24-20)15-10-25-26-11-15;1-2-4-18(5-3-1)26(15-16-6-7-16)19-8-9-20-21(12-19)25-22(14-24-20)17-10-11-23-13-17/h8-9,12-18,27H,5-7,10-11H2,1-4H3;5-6,9-15H,7-8H2,1-4H3;4-12,14H,2-3,13H2,1H3,(H,25,26);1-5,8-10,12-14,16H,6-7,11,15H2. The van der Waals surface area contributed by atoms with E-state index in [1.807, 2.05) is 119 Å². The topological polar surface area (TPSA) is 259 Å². The molecule has 610 valence electrons. The molecule has 15 aromatic rings. The molecule has 26 heteroatoms. The zero-order valence-electron chi connectivity index (χ0n) is 69.0. The molecule has 0 radical (unpaired) electrons. The number of carbonyl (C=O) groups excluding carboxylic acids is 1. The molecule has 0 spiro atoms. The number of ether oxygens (including phenoxy) is 4. The average molecular weight is 1610 g/mol. The Morgan fingerprint density at radius 1 is 0.492 bits per heavy atom. The Labute approximate surface area is 696 Å². The second-order valence-electron chi connectivity index (χ2n) is 30.0. The molecule has 0 atom stereocenters. The first-order valence-corrected chi connectivity index (χ1v) is 40.4. The molecule has 2 N–H and O–H groups in total. The van der Waals surface area contributed by atoms with Crippen LogP contribution in [0.15, 0.2) is 231 Å². The highest BCUT2D eigenvalue weighted by atomic mass is 19.1. The highest BCUT2D eigenvalue weighted by Gasteiger charge is 2.28. The number of halogens is 1. The van der Waals surface area contributed by atoms with Gasteiger partial charge in [-0.05, 0) is 173 Å². The van der Waals surface area contributed by atoms with Crippen molar-refractivity contribution >= 4 is 107 Å². The number of rotatable bonds is 29. The lowest BCUT2D eigenvalue weighted by molar-refractivity contribution is -0.116. The Bertz CT molecular complexity index is 6110. The van der Waals surface area contributed by atoms with Gasteiger partial charge < -0.3 is 43.9 Å². The number of aromatic amines is 1. The molecule has 2 aliphatic carbocycles. The van der Waals surface area contributed by atoms with Crippen molar-refractivity contribution in [1.29, 1.82) is 0 Å². The van der Waals surface area contributed by atoms with Crippen molar-refractivity contribution in [2.45, 2.75) is 65.2 Å². The van der Waals surface area contributed by atoms with Gasteiger partial charge in [-0.3, -0.25) is 44.2 Å². The number of carbonyl (C=O) groups is 1. The van der Waals surface area contributed by atoms with Crippen molar-refractivity contribution in [2.75, 3.05) is 94.4 Å². The Kier molecular flexibility index (Phi) is 25.8. The first-order valence-electron chi connectivity index (χ1n) is 40.4. The van der Waals surface area contributed by atoms with Gasteiger partial charge in [0.25, 0.3) is 0 Å². The normalized spacial score (nSPS) is 12.7. The number of aryl methyl sites for hydroxylation is 3. The summed E-state index contributed by atoms with van der Waals surface area (Å²) in [5.41, 5.74) is 23.1. The lowest BCUT2D eigenvalue weighted by atomic mass is 10.1. The van der Waals surface area contributed by atoms with Crippen LogP contribution in [-0.2, 0) is 25.3 Å². The molecule has 3 aliphatic rings. The van der Waals surface area contributed by atoms with Gasteiger partial charge in [-0.2, -0.15) is 15.3 Å². The van der Waals surface area contributed by atoms with E-state index in [1.165, 1.54) is 55.1 Å². The van der Waals surface area contributed by atoms with Crippen molar-refractivity contribution in [2.24, 2.45) is 30.9 Å². The monoisotopic (exact) mass is 1600 g/mol. The van der Waals surface area contributed by atoms with Crippen molar-refractivity contribution in [1.82, 2.24) is 74.9 Å². The molecule has 0 bridgehead atoms. The number of nitrogens with one attached hydrogen (secondary N) is 2. The van der Waals surface area contributed by atoms with E-state index >= 15 is 0 Å². The average Bonchev–Trinajstić information content (AvgIpc) is 1.82. The summed E-state index contributed by atoms with van der Waals surface area (Å²) in [6.07, 6.45) is 30.9. The Hall–Kier alpha value is -13.9. The molecule has 8 heterocycles. The molecule has 7 aromatic heterocycles. The van der Waals surface area contributed by atoms with Gasteiger partial charge in [0.2, 0.25) is 0 Å². The smallest absolute Gasteiger partial charge is 0.131 e. The van der Waals surface area contributed by atoms with Gasteiger partial charge >= 0.3 is 0 Å². The summed E-state index contributed by atoms with van der Waals surface area (Å²) in [6, 6.07) is 52.1. The number of allylic oxidation sites excluding steroid dienone is 1. The number of likely N-dealkylation sites (N-methyl/N-ethyl adjacent to an activating group) is 1. The number of para-hydroxylation sites is 1. The summed E-state index contributed by atoms with van der Waals surface area (Å²) in [5, 5.41) is 18.5. The second-order valence-corrected chi connectivity index (χ2v) is 30.0. The number of Topliss-reactive ketones (excluding diaryl/α,β-unsaturated/α-hetero) is 1. The zero-order valence-corrected chi connectivity index (χ0v) is 69.0. The number of benzene rings is 8. The minimum absolute atomic E-state index is 0.115. The van der Waals surface area contributed by atoms with E-state index in [0.717, 1.165) is 181 Å². The molecule has 0 amide bonds. The first kappa shape index (κ1) is 81.3. The number of hydrogen-bond acceptors (Lipinski definition) is 22. The molecule has 1 aliphatic heterocycles. The number of unbranched alkanes of at least 4 members (excludes halogenated alkanes) is 1. The van der Waals surface area contributed by atoms with E-state index in [-0.39, 0.29) is 11.6 Å². The van der Waals surface area contributed by atoms with E-state index in [1.54, 1.807) is 88.0 Å². The van der Waals surface area contributed by atoms with Crippen LogP contribution in [0, 0.1) is 17.7 Å². The van der Waals surface area contributed by atoms with Crippen molar-refractivity contribution in [3.05, 3.63) is 243 Å². The number of hydrogen-bond donors (Lipinski definition) is 2. The number of nitrogens with zero attached hydrogens (tertiary/aromatic N) is 18. The fourth-order valence-corrected chi connectivity index (χ4v) is 14.2. The number of ketones is 1. The Morgan fingerprint density at radius 2 is 0.950 bits per heavy atom. The molecule has 18 rings (SSSR count). The number of anilines is 8. The third-order valence-corrected chi connectivity index (χ3v) is 21.1. The van der Waals surface area contributed by atoms with Crippen molar-refractivity contribution in [3.63, 3.8) is 0 Å². The van der Waals surface area contributed by atoms with Crippen LogP contribution in [-0.4, -0.2) is 156 Å². The maximum Gasteiger partial charge on any atom is 0.131 e. The quantitative estimate of drug-likeness (QED) is 0.0441. The highest BCUT2D eigenvalue weighted by molar-refractivity contribution is 6.11. The van der Waals surface area contributed by atoms with Crippen LogP contribution in [0.4, 0.5) is 49.9 Å². The van der Waals surface area contributed by atoms with Gasteiger partial charge in [0.05, 0.1) is 145 Å². The van der Waals surface area contributed by atoms with E-state index < -0.39 is 0 Å². The van der Waals surface area contributed by atoms with Crippen LogP contribution in [0.5, 0.6) is 23.0 Å². The molecular formula is C94H97FN20O5. The molecule has 25 nitrogen and oxygen atoms in total. The summed E-state index contributed by atoms with van der Waals surface area (Å²) >= 11 is 0. The van der Waals surface area contributed by atoms with Crippen molar-refractivity contribution < 1.29 is 28.1 Å². The number of methoxy groups -OCH3 is 4. The first-order chi connectivity index (χ1) is 58.6. The molecule has 0 unspecified atom stereocenters. The van der Waals surface area contributed by atoms with E-state index in [9.17, 15) is 9.18 Å². The second kappa shape index (κ2) is 38.0. The molecule has 2 fully saturated rings. The lowest BCUT2D eigenvalue weighted by Crippen LogP contribution is -2.27. The van der Waals surface area contributed by atoms with E-state index in [4.69, 9.17) is 38.9 Å². The molecule has 2 saturated carbocycles. The van der Waals surface area contributed by atoms with Gasteiger partial charge in [0.15, 0.2) is 0 Å². The van der Waals surface area contributed by atoms with Crippen molar-refractivity contribution in [3.8, 4) is 56.8 Å². The van der Waals surface area contributed by atoms with Crippen LogP contribution in [0.1, 0.15) is 70.1 Å². The maximum absolute atomic E-state index is 14.2. The maximum atomic E-state index is 14.2. The zero-order chi connectivity index (χ0) is 83.0. The summed E-state index contributed by atoms with van der Waals surface area (Å²) < 4.78 is 39.5. The summed E-state index contributed by atoms with van der Waals surface area (Å²) in [5.74, 6) is 3.94. The number of fused-ring (bicyclic) bond motifs is 4. The summed E-state index contributed by atoms with van der Waals surface area (Å²) in [6.45, 7) is 8.60. The molecule has 120 heavy (non-hydrogen) atoms. The van der Waals surface area contributed by atoms with Gasteiger partial charge in [-0.15, -0.1) is 0 Å². The number of aliphatic imine (C=N–C) groups is 1. The van der Waals surface area contributed by atoms with Gasteiger partial charge in [-0.25, -0.2) is 24.3 Å². The van der Waals surface area contributed by atoms with E-state index in [0.29, 0.717) is 36.1 Å². The van der Waals surface area contributed by atoms with Crippen LogP contribution in [0.25, 0.3) is 83.5 Å². The molecule has 0 saturated heterocycles. The summed E-state index contributed by atoms with van der Waals surface area (Å²) in [7, 11) is 12.2. The van der Waals surface area contributed by atoms with Crippen LogP contribution < -0.4 is 43.9 Å². The van der Waals surface area contributed by atoms with Gasteiger partial charge in [-0.1, -0.05) is 37.6 Å². The third-order valence-electron chi connectivity index (χ3n) is 21.1. The van der Waals surface area contributed by atoms with Crippen LogP contribution in [0.2, 0.25) is 0 Å². The van der Waals surface area contributed by atoms with Crippen LogP contribution >= 0.6 is 0 Å². The molecular weight excluding hydrogens is 1510 g/mol. The van der Waals surface area contributed by atoms with Gasteiger partial charge in [0, 0.05) is 182 Å². The van der Waals surface area contributed by atoms with E-state index in [2.05, 4.69) is 162 Å². The van der Waals surface area contributed by atoms with Gasteiger partial charge in [0.1, 0.15) is 34.6 Å². The minimum Gasteiger partial charge on any atom is -0.497 e. The lowest BCUT2D eigenvalue weighted by Gasteiger charge is -2.26. The Morgan fingerprint density at radius 3 is 1.40 bits per heavy atom. The fourth-order valence-electron chi connectivity index (χ4n) is 14.2. The highest BCUT2D eigenvalue weighted by Crippen LogP contribution is 2.41. The number of H-pyrrole nitrogens is 1. The Balaban J connectivity index is 0.000000125. The summed E-state index contributed by atoms with van der Waals surface area (Å²) in [4.78, 5) is 62.5. The third kappa shape index (κ3) is 20.4. The van der Waals surface area contributed by atoms with Crippen LogP contribution in [0.3, 0.4) is 0 Å². The SMILES string of the molecule is C1=NCC=C1c1cnc2ccc(N(CC3CC3)c3ccccc3)cc2n1.CCCCc1cc(OC)cc(N(CCNC)c2ccc3ncc(-c4cnn(C)c4)nc3c2)c1.COc1cc(F)cc(N(CC2CC2)c2ccc3ncc(-c4cn[nH]c4)nc3c2)c1.COc1cc(OC)cc(N(CCC(C)=O)c2ccc3ncc(-c4cnn(C)c4)nc3c2)c1. The largest absolute Gasteiger partial charge is 0.497 e. The predicted molar refractivity (Wildman–Crippen MR) is 475 cm³/mol. The predicted octanol–water partition coefficient (Wildman–Crippen LogP) is 18.3. The number of aromatic nitrogens is 14. The fraction of sp³-hybridized carbons (Fsp3) is 0.266. The molecule has 8 aromatic carbocycles. The minimum atomic E-state index is -0.317.